The Hall–Kier alpha value is -3.11. The van der Waals surface area contributed by atoms with Gasteiger partial charge in [-0.05, 0) is 35.2 Å². The van der Waals surface area contributed by atoms with E-state index >= 15 is 0 Å². The first kappa shape index (κ1) is 20.6. The summed E-state index contributed by atoms with van der Waals surface area (Å²) >= 11 is 0. The predicted octanol–water partition coefficient (Wildman–Crippen LogP) is 4.88. The molecule has 0 unspecified atom stereocenters. The summed E-state index contributed by atoms with van der Waals surface area (Å²) in [6, 6.07) is 27.9. The smallest absolute Gasteiger partial charge is 0.220 e. The second kappa shape index (κ2) is 11.7. The summed E-state index contributed by atoms with van der Waals surface area (Å²) in [5, 5.41) is 2.96. The van der Waals surface area contributed by atoms with Crippen LogP contribution in [0.4, 0.5) is 0 Å². The van der Waals surface area contributed by atoms with Gasteiger partial charge in [-0.15, -0.1) is 0 Å². The van der Waals surface area contributed by atoms with Crippen molar-refractivity contribution < 1.29 is 14.3 Å². The van der Waals surface area contributed by atoms with Crippen LogP contribution in [-0.2, 0) is 29.3 Å². The number of hydrogen-bond donors (Lipinski definition) is 1. The molecular formula is C25H27NO3. The van der Waals surface area contributed by atoms with E-state index < -0.39 is 0 Å². The fourth-order valence-corrected chi connectivity index (χ4v) is 2.84. The van der Waals surface area contributed by atoms with E-state index in [4.69, 9.17) is 9.47 Å². The highest BCUT2D eigenvalue weighted by Crippen LogP contribution is 2.10. The van der Waals surface area contributed by atoms with Gasteiger partial charge in [-0.3, -0.25) is 4.79 Å². The average molecular weight is 389 g/mol. The maximum atomic E-state index is 12.0. The third kappa shape index (κ3) is 7.80. The molecular weight excluding hydrogens is 362 g/mol. The fraction of sp³-hybridized carbons (Fsp3) is 0.240. The number of benzene rings is 3. The minimum absolute atomic E-state index is 0.0388. The quantitative estimate of drug-likeness (QED) is 0.476. The number of para-hydroxylation sites is 1. The molecule has 0 spiro atoms. The van der Waals surface area contributed by atoms with Crippen LogP contribution in [0.2, 0.25) is 0 Å². The maximum absolute atomic E-state index is 12.0. The van der Waals surface area contributed by atoms with Gasteiger partial charge in [-0.2, -0.15) is 0 Å². The number of ether oxygens (including phenoxy) is 2. The van der Waals surface area contributed by atoms with Gasteiger partial charge >= 0.3 is 0 Å². The molecule has 4 nitrogen and oxygen atoms in total. The summed E-state index contributed by atoms with van der Waals surface area (Å²) < 4.78 is 11.3. The van der Waals surface area contributed by atoms with E-state index in [9.17, 15) is 4.79 Å². The van der Waals surface area contributed by atoms with Crippen LogP contribution in [0.3, 0.4) is 0 Å². The highest BCUT2D eigenvalue weighted by molar-refractivity contribution is 5.75. The molecule has 0 fully saturated rings. The molecule has 150 valence electrons. The highest BCUT2D eigenvalue weighted by atomic mass is 16.5. The van der Waals surface area contributed by atoms with Crippen molar-refractivity contribution in [2.24, 2.45) is 0 Å². The molecule has 0 radical (unpaired) electrons. The first-order valence-electron chi connectivity index (χ1n) is 9.93. The van der Waals surface area contributed by atoms with Gasteiger partial charge in [0.05, 0.1) is 19.8 Å². The summed E-state index contributed by atoms with van der Waals surface area (Å²) in [7, 11) is 0. The Bertz CT molecular complexity index is 848. The third-order valence-corrected chi connectivity index (χ3v) is 4.45. The van der Waals surface area contributed by atoms with Gasteiger partial charge < -0.3 is 14.8 Å². The van der Waals surface area contributed by atoms with E-state index in [1.165, 1.54) is 5.56 Å². The van der Waals surface area contributed by atoms with Crippen LogP contribution in [0, 0.1) is 0 Å². The molecule has 3 rings (SSSR count). The first-order chi connectivity index (χ1) is 14.3. The largest absolute Gasteiger partial charge is 0.494 e. The zero-order chi connectivity index (χ0) is 20.2. The van der Waals surface area contributed by atoms with E-state index in [0.29, 0.717) is 39.2 Å². The minimum atomic E-state index is 0.0388. The molecule has 0 saturated carbocycles. The molecule has 29 heavy (non-hydrogen) atoms. The Morgan fingerprint density at radius 1 is 0.724 bits per heavy atom. The Morgan fingerprint density at radius 2 is 1.31 bits per heavy atom. The van der Waals surface area contributed by atoms with Crippen molar-refractivity contribution in [3.05, 3.63) is 102 Å². The Balaban J connectivity index is 1.29. The number of carbonyl (C=O) groups is 1. The summed E-state index contributed by atoms with van der Waals surface area (Å²) in [4.78, 5) is 12.0. The van der Waals surface area contributed by atoms with Crippen LogP contribution in [0.5, 0.6) is 5.75 Å². The molecule has 0 aliphatic carbocycles. The highest BCUT2D eigenvalue weighted by Gasteiger charge is 2.03. The molecule has 3 aromatic rings. The van der Waals surface area contributed by atoms with Crippen molar-refractivity contribution >= 4 is 5.91 Å². The average Bonchev–Trinajstić information content (AvgIpc) is 2.78. The molecule has 0 heterocycles. The summed E-state index contributed by atoms with van der Waals surface area (Å²) in [5.41, 5.74) is 3.36. The van der Waals surface area contributed by atoms with Crippen molar-refractivity contribution in [2.75, 3.05) is 6.61 Å². The third-order valence-electron chi connectivity index (χ3n) is 4.45. The molecule has 4 heteroatoms. The number of hydrogen-bond acceptors (Lipinski definition) is 3. The van der Waals surface area contributed by atoms with Crippen molar-refractivity contribution in [1.82, 2.24) is 5.32 Å². The molecule has 0 aliphatic rings. The summed E-state index contributed by atoms with van der Waals surface area (Å²) in [6.45, 7) is 2.24. The van der Waals surface area contributed by atoms with Gasteiger partial charge in [0.1, 0.15) is 5.75 Å². The molecule has 0 atom stereocenters. The van der Waals surface area contributed by atoms with Crippen molar-refractivity contribution in [3.63, 3.8) is 0 Å². The van der Waals surface area contributed by atoms with E-state index in [0.717, 1.165) is 16.9 Å². The minimum Gasteiger partial charge on any atom is -0.494 e. The standard InChI is InChI=1S/C25H27NO3/c27-25(12-7-17-29-24-10-5-2-6-11-24)26-18-21-13-15-23(16-14-21)20-28-19-22-8-3-1-4-9-22/h1-6,8-11,13-16H,7,12,17-20H2,(H,26,27). The van der Waals surface area contributed by atoms with Gasteiger partial charge in [0, 0.05) is 13.0 Å². The fourth-order valence-electron chi connectivity index (χ4n) is 2.84. The van der Waals surface area contributed by atoms with Crippen molar-refractivity contribution in [2.45, 2.75) is 32.6 Å². The zero-order valence-corrected chi connectivity index (χ0v) is 16.6. The topological polar surface area (TPSA) is 47.6 Å². The van der Waals surface area contributed by atoms with Gasteiger partial charge in [-0.1, -0.05) is 72.8 Å². The van der Waals surface area contributed by atoms with E-state index in [-0.39, 0.29) is 5.91 Å². The van der Waals surface area contributed by atoms with Crippen LogP contribution in [-0.4, -0.2) is 12.5 Å². The Labute approximate surface area is 172 Å². The molecule has 0 aromatic heterocycles. The zero-order valence-electron chi connectivity index (χ0n) is 16.6. The van der Waals surface area contributed by atoms with Gasteiger partial charge in [0.15, 0.2) is 0 Å². The van der Waals surface area contributed by atoms with E-state index in [1.54, 1.807) is 0 Å². The first-order valence-corrected chi connectivity index (χ1v) is 9.93. The Morgan fingerprint density at radius 3 is 2.00 bits per heavy atom. The lowest BCUT2D eigenvalue weighted by Crippen LogP contribution is -2.23. The monoisotopic (exact) mass is 389 g/mol. The number of rotatable bonds is 11. The van der Waals surface area contributed by atoms with Crippen LogP contribution in [0.25, 0.3) is 0 Å². The van der Waals surface area contributed by atoms with Gasteiger partial charge in [-0.25, -0.2) is 0 Å². The molecule has 0 bridgehead atoms. The molecule has 1 amide bonds. The van der Waals surface area contributed by atoms with Crippen LogP contribution < -0.4 is 10.1 Å². The molecule has 0 aliphatic heterocycles. The van der Waals surface area contributed by atoms with Gasteiger partial charge in [0.2, 0.25) is 5.91 Å². The maximum Gasteiger partial charge on any atom is 0.220 e. The molecule has 3 aromatic carbocycles. The lowest BCUT2D eigenvalue weighted by Gasteiger charge is -2.08. The number of carbonyl (C=O) groups excluding carboxylic acids is 1. The van der Waals surface area contributed by atoms with E-state index in [1.807, 2.05) is 72.8 Å². The van der Waals surface area contributed by atoms with Crippen molar-refractivity contribution in [1.29, 1.82) is 0 Å². The number of nitrogens with one attached hydrogen (secondary N) is 1. The van der Waals surface area contributed by atoms with Crippen LogP contribution in [0.1, 0.15) is 29.5 Å². The summed E-state index contributed by atoms with van der Waals surface area (Å²) in [5.74, 6) is 0.873. The Kier molecular flexibility index (Phi) is 8.30. The predicted molar refractivity (Wildman–Crippen MR) is 114 cm³/mol. The molecule has 1 N–H and O–H groups in total. The van der Waals surface area contributed by atoms with Crippen LogP contribution in [0.15, 0.2) is 84.9 Å². The normalized spacial score (nSPS) is 10.5. The van der Waals surface area contributed by atoms with E-state index in [2.05, 4.69) is 17.4 Å². The SMILES string of the molecule is O=C(CCCOc1ccccc1)NCc1ccc(COCc2ccccc2)cc1. The second-order valence-electron chi connectivity index (χ2n) is 6.84. The van der Waals surface area contributed by atoms with Crippen molar-refractivity contribution in [3.8, 4) is 5.75 Å². The molecule has 0 saturated heterocycles. The number of amides is 1. The lowest BCUT2D eigenvalue weighted by molar-refractivity contribution is -0.121. The van der Waals surface area contributed by atoms with Crippen LogP contribution >= 0.6 is 0 Å². The second-order valence-corrected chi connectivity index (χ2v) is 6.84. The summed E-state index contributed by atoms with van der Waals surface area (Å²) in [6.07, 6.45) is 1.15. The lowest BCUT2D eigenvalue weighted by atomic mass is 10.1. The van der Waals surface area contributed by atoms with Gasteiger partial charge in [0.25, 0.3) is 0 Å².